The monoisotopic (exact) mass is 752 g/mol. The highest BCUT2D eigenvalue weighted by molar-refractivity contribution is 6.76. The van der Waals surface area contributed by atoms with Gasteiger partial charge in [0.1, 0.15) is 18.3 Å². The van der Waals surface area contributed by atoms with Gasteiger partial charge >= 0.3 is 5.97 Å². The number of halogens is 3. The van der Waals surface area contributed by atoms with Gasteiger partial charge in [0.2, 0.25) is 12.2 Å². The van der Waals surface area contributed by atoms with Crippen LogP contribution in [-0.4, -0.2) is 53.0 Å². The Bertz CT molecular complexity index is 1760. The average Bonchev–Trinajstić information content (AvgIpc) is 3.14. The second kappa shape index (κ2) is 18.9. The quantitative estimate of drug-likeness (QED) is 0.0244. The van der Waals surface area contributed by atoms with Crippen molar-refractivity contribution in [3.63, 3.8) is 0 Å². The molecule has 14 heteroatoms. The molecule has 1 saturated heterocycles. The van der Waals surface area contributed by atoms with Gasteiger partial charge in [-0.05, 0) is 33.9 Å². The van der Waals surface area contributed by atoms with Crippen LogP contribution >= 0.6 is 34.8 Å². The topological polar surface area (TPSA) is 145 Å². The van der Waals surface area contributed by atoms with Crippen molar-refractivity contribution in [3.8, 4) is 0 Å². The molecule has 5 atom stereocenters. The standard InChI is InChI=1S/C37H35Cl3N4O7/c38-37(39,40)36(41)51-35-33(50-34(45)29-19-11-10-18-28(29)20-43-44-42)32(48-23-27-16-8-3-9-17-27)31(47-22-26-14-6-2-7-15-26)30(49-35)24-46-21-25-12-4-1-5-13-25/h1-19,30-33,35,41H,20-24H2/t30-,31-,32+,33+,35-/m1/s1. The first-order chi connectivity index (χ1) is 24.7. The van der Waals surface area contributed by atoms with Crippen LogP contribution in [0.3, 0.4) is 0 Å². The number of benzene rings is 4. The molecule has 0 radical (unpaired) electrons. The van der Waals surface area contributed by atoms with Gasteiger partial charge in [0.25, 0.3) is 3.79 Å². The molecular formula is C37H35Cl3N4O7. The molecule has 4 aromatic rings. The molecule has 5 rings (SSSR count). The van der Waals surface area contributed by atoms with Crippen molar-refractivity contribution >= 4 is 46.7 Å². The van der Waals surface area contributed by atoms with E-state index in [0.29, 0.717) is 5.56 Å². The zero-order chi connectivity index (χ0) is 36.1. The van der Waals surface area contributed by atoms with Crippen LogP contribution in [0.1, 0.15) is 32.6 Å². The Morgan fingerprint density at radius 3 is 1.84 bits per heavy atom. The highest BCUT2D eigenvalue weighted by atomic mass is 35.6. The number of alkyl halides is 3. The van der Waals surface area contributed by atoms with Crippen LogP contribution in [0.4, 0.5) is 0 Å². The summed E-state index contributed by atoms with van der Waals surface area (Å²) in [5.74, 6) is -1.56. The van der Waals surface area contributed by atoms with Crippen molar-refractivity contribution in [2.45, 2.75) is 60.9 Å². The van der Waals surface area contributed by atoms with E-state index in [4.69, 9.17) is 74.2 Å². The van der Waals surface area contributed by atoms with Gasteiger partial charge in [0, 0.05) is 4.91 Å². The van der Waals surface area contributed by atoms with Crippen LogP contribution in [0.2, 0.25) is 0 Å². The first-order valence-corrected chi connectivity index (χ1v) is 17.1. The fraction of sp³-hybridized carbons (Fsp3) is 0.297. The van der Waals surface area contributed by atoms with Gasteiger partial charge in [-0.2, -0.15) is 0 Å². The van der Waals surface area contributed by atoms with E-state index >= 15 is 0 Å². The molecule has 1 aliphatic heterocycles. The summed E-state index contributed by atoms with van der Waals surface area (Å²) in [5.41, 5.74) is 12.1. The Morgan fingerprint density at radius 1 is 0.745 bits per heavy atom. The van der Waals surface area contributed by atoms with Gasteiger partial charge in [0.05, 0.1) is 38.5 Å². The van der Waals surface area contributed by atoms with E-state index < -0.39 is 46.4 Å². The van der Waals surface area contributed by atoms with Crippen LogP contribution < -0.4 is 0 Å². The zero-order valence-electron chi connectivity index (χ0n) is 27.2. The van der Waals surface area contributed by atoms with E-state index in [-0.39, 0.29) is 38.5 Å². The summed E-state index contributed by atoms with van der Waals surface area (Å²) in [7, 11) is 0. The molecule has 0 bridgehead atoms. The minimum atomic E-state index is -2.26. The van der Waals surface area contributed by atoms with Crippen LogP contribution in [-0.2, 0) is 54.8 Å². The Morgan fingerprint density at radius 2 is 1.27 bits per heavy atom. The Kier molecular flexibility index (Phi) is 14.1. The molecule has 0 aliphatic carbocycles. The molecule has 11 nitrogen and oxygen atoms in total. The third-order valence-electron chi connectivity index (χ3n) is 7.83. The molecule has 4 aromatic carbocycles. The predicted molar refractivity (Wildman–Crippen MR) is 192 cm³/mol. The van der Waals surface area contributed by atoms with Crippen molar-refractivity contribution in [2.75, 3.05) is 6.61 Å². The number of carbonyl (C=O) groups excluding carboxylic acids is 1. The number of hydrogen-bond acceptors (Lipinski definition) is 9. The fourth-order valence-electron chi connectivity index (χ4n) is 5.36. The van der Waals surface area contributed by atoms with E-state index in [1.165, 1.54) is 6.07 Å². The van der Waals surface area contributed by atoms with Crippen molar-refractivity contribution in [2.24, 2.45) is 5.11 Å². The summed E-state index contributed by atoms with van der Waals surface area (Å²) in [5, 5.41) is 12.0. The maximum atomic E-state index is 13.9. The van der Waals surface area contributed by atoms with Crippen LogP contribution in [0.5, 0.6) is 0 Å². The lowest BCUT2D eigenvalue weighted by atomic mass is 9.97. The molecule has 0 amide bonds. The van der Waals surface area contributed by atoms with Gasteiger partial charge in [-0.3, -0.25) is 5.41 Å². The van der Waals surface area contributed by atoms with E-state index in [1.807, 2.05) is 91.0 Å². The van der Waals surface area contributed by atoms with Gasteiger partial charge in [-0.25, -0.2) is 4.79 Å². The molecule has 266 valence electrons. The molecule has 1 aliphatic rings. The van der Waals surface area contributed by atoms with Crippen molar-refractivity contribution in [1.29, 1.82) is 5.41 Å². The Balaban J connectivity index is 1.53. The number of azide groups is 1. The van der Waals surface area contributed by atoms with Crippen LogP contribution in [0.15, 0.2) is 120 Å². The summed E-state index contributed by atoms with van der Waals surface area (Å²) < 4.78 is 35.3. The van der Waals surface area contributed by atoms with E-state index in [2.05, 4.69) is 10.0 Å². The summed E-state index contributed by atoms with van der Waals surface area (Å²) in [4.78, 5) is 16.7. The van der Waals surface area contributed by atoms with Gasteiger partial charge < -0.3 is 28.4 Å². The lowest BCUT2D eigenvalue weighted by Gasteiger charge is -2.45. The van der Waals surface area contributed by atoms with Crippen molar-refractivity contribution < 1.29 is 33.2 Å². The number of carbonyl (C=O) groups is 1. The summed E-state index contributed by atoms with van der Waals surface area (Å²) in [6, 6.07) is 35.0. The second-order valence-electron chi connectivity index (χ2n) is 11.4. The second-order valence-corrected chi connectivity index (χ2v) is 13.7. The maximum absolute atomic E-state index is 13.9. The predicted octanol–water partition coefficient (Wildman–Crippen LogP) is 8.50. The largest absolute Gasteiger partial charge is 0.449 e. The van der Waals surface area contributed by atoms with Crippen LogP contribution in [0, 0.1) is 5.41 Å². The summed E-state index contributed by atoms with van der Waals surface area (Å²) in [6.45, 7) is 0.400. The van der Waals surface area contributed by atoms with Crippen LogP contribution in [0.25, 0.3) is 10.4 Å². The Hall–Kier alpha value is -4.16. The van der Waals surface area contributed by atoms with E-state index in [0.717, 1.165) is 16.7 Å². The lowest BCUT2D eigenvalue weighted by Crippen LogP contribution is -2.62. The molecule has 1 fully saturated rings. The Labute approximate surface area is 310 Å². The van der Waals surface area contributed by atoms with Gasteiger partial charge in [-0.15, -0.1) is 0 Å². The normalized spacial score (nSPS) is 20.2. The smallest absolute Gasteiger partial charge is 0.339 e. The molecule has 51 heavy (non-hydrogen) atoms. The number of hydrogen-bond donors (Lipinski definition) is 1. The molecule has 0 unspecified atom stereocenters. The molecular weight excluding hydrogens is 719 g/mol. The first-order valence-electron chi connectivity index (χ1n) is 15.9. The molecule has 0 aromatic heterocycles. The van der Waals surface area contributed by atoms with E-state index in [9.17, 15) is 4.79 Å². The fourth-order valence-corrected chi connectivity index (χ4v) is 5.49. The zero-order valence-corrected chi connectivity index (χ0v) is 29.5. The van der Waals surface area contributed by atoms with Gasteiger partial charge in [-0.1, -0.05) is 149 Å². The first kappa shape index (κ1) is 38.1. The van der Waals surface area contributed by atoms with E-state index in [1.54, 1.807) is 18.2 Å². The molecule has 0 spiro atoms. The highest BCUT2D eigenvalue weighted by Crippen LogP contribution is 2.35. The molecule has 1 N–H and O–H groups in total. The minimum absolute atomic E-state index is 0.00380. The minimum Gasteiger partial charge on any atom is -0.449 e. The molecule has 1 heterocycles. The number of nitrogens with zero attached hydrogens (tertiary/aromatic N) is 3. The number of rotatable bonds is 15. The average molecular weight is 754 g/mol. The third kappa shape index (κ3) is 11.2. The lowest BCUT2D eigenvalue weighted by molar-refractivity contribution is -0.302. The third-order valence-corrected chi connectivity index (χ3v) is 8.35. The SMILES string of the molecule is [N-]=[N+]=NCc1ccccc1C(=O)O[C@@H]1[C@@H](OC(=N)C(Cl)(Cl)Cl)O[C@H](COCc2ccccc2)[C@@H](OCc2ccccc2)[C@@H]1OCc1ccccc1. The maximum Gasteiger partial charge on any atom is 0.339 e. The van der Waals surface area contributed by atoms with Crippen molar-refractivity contribution in [1.82, 2.24) is 0 Å². The number of ether oxygens (including phenoxy) is 6. The molecule has 0 saturated carbocycles. The highest BCUT2D eigenvalue weighted by Gasteiger charge is 2.52. The summed E-state index contributed by atoms with van der Waals surface area (Å²) >= 11 is 18.1. The van der Waals surface area contributed by atoms with Crippen molar-refractivity contribution in [3.05, 3.63) is 154 Å². The van der Waals surface area contributed by atoms with Gasteiger partial charge in [0.15, 0.2) is 6.10 Å². The number of esters is 1. The number of nitrogens with one attached hydrogen (secondary N) is 1. The summed E-state index contributed by atoms with van der Waals surface area (Å²) in [6.07, 6.45) is -5.72.